The van der Waals surface area contributed by atoms with Crippen LogP contribution in [0.4, 0.5) is 0 Å². The highest BCUT2D eigenvalue weighted by Crippen LogP contribution is 2.13. The number of nitrogens with one attached hydrogen (secondary N) is 1. The molecule has 0 bridgehead atoms. The molecule has 2 aromatic heterocycles. The van der Waals surface area contributed by atoms with Gasteiger partial charge in [-0.3, -0.25) is 0 Å². The van der Waals surface area contributed by atoms with Gasteiger partial charge in [0.2, 0.25) is 0 Å². The molecule has 0 spiro atoms. The molecule has 2 rings (SSSR count). The molecule has 0 atom stereocenters. The normalized spacial score (nSPS) is 14.1. The number of rotatable bonds is 4. The maximum Gasteiger partial charge on any atom is 0.138 e. The van der Waals surface area contributed by atoms with E-state index in [-0.39, 0.29) is 0 Å². The monoisotopic (exact) mass is 312 g/mol. The minimum atomic E-state index is 0.552. The van der Waals surface area contributed by atoms with E-state index in [2.05, 4.69) is 23.1 Å². The number of fused-ring (bicyclic) bond motifs is 1. The minimum Gasteiger partial charge on any atom is -0.404 e. The van der Waals surface area contributed by atoms with E-state index in [1.807, 2.05) is 18.2 Å². The Morgan fingerprint density at radius 1 is 1.36 bits per heavy atom. The van der Waals surface area contributed by atoms with E-state index < -0.39 is 0 Å². The van der Waals surface area contributed by atoms with E-state index in [1.165, 1.54) is 12.4 Å². The quantitative estimate of drug-likeness (QED) is 0.753. The third-order valence-corrected chi connectivity index (χ3v) is 3.34. The zero-order valence-electron chi connectivity index (χ0n) is 12.0. The van der Waals surface area contributed by atoms with Crippen LogP contribution in [0.1, 0.15) is 0 Å². The number of hydrogen-bond acceptors (Lipinski definition) is 3. The molecule has 2 heterocycles. The Morgan fingerprint density at radius 2 is 2.14 bits per heavy atom. The largest absolute Gasteiger partial charge is 0.404 e. The van der Waals surface area contributed by atoms with Gasteiger partial charge in [-0.05, 0) is 23.3 Å². The summed E-state index contributed by atoms with van der Waals surface area (Å²) in [7, 11) is 0. The fourth-order valence-electron chi connectivity index (χ4n) is 2.07. The summed E-state index contributed by atoms with van der Waals surface area (Å²) in [6.07, 6.45) is 11.7. The lowest BCUT2D eigenvalue weighted by Crippen LogP contribution is -2.24. The van der Waals surface area contributed by atoms with Crippen molar-refractivity contribution in [3.05, 3.63) is 76.6 Å². The molecule has 5 N–H and O–H groups in total. The molecular formula is C17H17ClN4. The van der Waals surface area contributed by atoms with Crippen LogP contribution in [0.15, 0.2) is 61.0 Å². The molecule has 0 saturated carbocycles. The summed E-state index contributed by atoms with van der Waals surface area (Å²) in [5, 5.41) is 3.03. The fourth-order valence-corrected chi connectivity index (χ4v) is 2.23. The summed E-state index contributed by atoms with van der Waals surface area (Å²) < 4.78 is 0. The van der Waals surface area contributed by atoms with Crippen LogP contribution in [-0.4, -0.2) is 9.97 Å². The van der Waals surface area contributed by atoms with Gasteiger partial charge in [-0.2, -0.15) is 0 Å². The topological polar surface area (TPSA) is 80.7 Å². The second-order valence-electron chi connectivity index (χ2n) is 4.56. The predicted molar refractivity (Wildman–Crippen MR) is 94.2 cm³/mol. The van der Waals surface area contributed by atoms with Gasteiger partial charge in [0.15, 0.2) is 0 Å². The van der Waals surface area contributed by atoms with Crippen molar-refractivity contribution in [2.75, 3.05) is 0 Å². The highest BCUT2D eigenvalue weighted by molar-refractivity contribution is 6.31. The third-order valence-electron chi connectivity index (χ3n) is 3.14. The first kappa shape index (κ1) is 15.7. The summed E-state index contributed by atoms with van der Waals surface area (Å²) in [4.78, 5) is 7.39. The Labute approximate surface area is 133 Å². The molecule has 0 radical (unpaired) electrons. The molecule has 0 fully saturated rings. The first-order valence-electron chi connectivity index (χ1n) is 6.58. The van der Waals surface area contributed by atoms with E-state index in [1.54, 1.807) is 18.3 Å². The number of H-pyrrole nitrogens is 1. The summed E-state index contributed by atoms with van der Waals surface area (Å²) >= 11 is 6.03. The summed E-state index contributed by atoms with van der Waals surface area (Å²) in [6, 6.07) is 1.83. The van der Waals surface area contributed by atoms with Gasteiger partial charge >= 0.3 is 0 Å². The van der Waals surface area contributed by atoms with E-state index in [0.717, 1.165) is 27.1 Å². The molecule has 0 saturated heterocycles. The zero-order valence-corrected chi connectivity index (χ0v) is 12.8. The molecule has 4 nitrogen and oxygen atoms in total. The lowest BCUT2D eigenvalue weighted by Gasteiger charge is -1.99. The Balaban J connectivity index is 2.67. The number of aromatic nitrogens is 2. The van der Waals surface area contributed by atoms with Crippen LogP contribution in [0.25, 0.3) is 23.3 Å². The lowest BCUT2D eigenvalue weighted by molar-refractivity contribution is 1.27. The predicted octanol–water partition coefficient (Wildman–Crippen LogP) is 1.83. The van der Waals surface area contributed by atoms with Crippen molar-refractivity contribution >= 4 is 34.9 Å². The molecule has 0 aromatic carbocycles. The summed E-state index contributed by atoms with van der Waals surface area (Å²) in [5.74, 6) is 0. The van der Waals surface area contributed by atoms with Crippen molar-refractivity contribution in [2.45, 2.75) is 0 Å². The third kappa shape index (κ3) is 3.13. The van der Waals surface area contributed by atoms with E-state index >= 15 is 0 Å². The van der Waals surface area contributed by atoms with Crippen LogP contribution in [0.5, 0.6) is 0 Å². The number of hydrogen-bond donors (Lipinski definition) is 3. The maximum absolute atomic E-state index is 6.03. The van der Waals surface area contributed by atoms with Gasteiger partial charge in [-0.1, -0.05) is 43.0 Å². The van der Waals surface area contributed by atoms with E-state index in [4.69, 9.17) is 23.1 Å². The number of halogens is 1. The number of allylic oxidation sites excluding steroid dienone is 5. The number of pyridine rings is 1. The molecule has 22 heavy (non-hydrogen) atoms. The van der Waals surface area contributed by atoms with Crippen LogP contribution >= 0.6 is 11.6 Å². The standard InChI is InChI=1S/C17H17ClN4/c1-3-4-5-12(8-19)11(2)6-14-15-7-13(18)10-21-17(15)22-16(14)9-20/h3-10H,1-2,19-20H2,(H,21,22)/b5-4-,12-8+,14-6-,16-9+. The fraction of sp³-hybridized carbons (Fsp3) is 0. The molecular weight excluding hydrogens is 296 g/mol. The first-order valence-corrected chi connectivity index (χ1v) is 6.95. The highest BCUT2D eigenvalue weighted by atomic mass is 35.5. The van der Waals surface area contributed by atoms with Crippen molar-refractivity contribution in [3.8, 4) is 0 Å². The average Bonchev–Trinajstić information content (AvgIpc) is 2.85. The molecule has 0 unspecified atom stereocenters. The van der Waals surface area contributed by atoms with Gasteiger partial charge < -0.3 is 16.5 Å². The first-order chi connectivity index (χ1) is 10.6. The lowest BCUT2D eigenvalue weighted by atomic mass is 10.1. The smallest absolute Gasteiger partial charge is 0.138 e. The Morgan fingerprint density at radius 3 is 2.77 bits per heavy atom. The van der Waals surface area contributed by atoms with Crippen LogP contribution in [-0.2, 0) is 0 Å². The number of aromatic amines is 1. The van der Waals surface area contributed by atoms with Gasteiger partial charge in [0.05, 0.1) is 10.4 Å². The van der Waals surface area contributed by atoms with Crippen molar-refractivity contribution in [1.29, 1.82) is 0 Å². The van der Waals surface area contributed by atoms with Gasteiger partial charge in [0.1, 0.15) is 5.65 Å². The van der Waals surface area contributed by atoms with Crippen LogP contribution in [0.3, 0.4) is 0 Å². The summed E-state index contributed by atoms with van der Waals surface area (Å²) in [5.41, 5.74) is 13.6. The average molecular weight is 313 g/mol. The maximum atomic E-state index is 6.03. The van der Waals surface area contributed by atoms with Crippen molar-refractivity contribution in [1.82, 2.24) is 9.97 Å². The number of nitrogens with two attached hydrogens (primary N) is 2. The van der Waals surface area contributed by atoms with Gasteiger partial charge in [-0.25, -0.2) is 4.98 Å². The number of nitrogens with zero attached hydrogens (tertiary/aromatic N) is 1. The molecule has 112 valence electrons. The van der Waals surface area contributed by atoms with Gasteiger partial charge in [0.25, 0.3) is 0 Å². The molecule has 5 heteroatoms. The van der Waals surface area contributed by atoms with E-state index in [0.29, 0.717) is 10.7 Å². The second kappa shape index (κ2) is 6.83. The van der Waals surface area contributed by atoms with Crippen molar-refractivity contribution in [3.63, 3.8) is 0 Å². The molecule has 0 amide bonds. The van der Waals surface area contributed by atoms with Crippen molar-refractivity contribution in [2.24, 2.45) is 11.5 Å². The van der Waals surface area contributed by atoms with Crippen molar-refractivity contribution < 1.29 is 0 Å². The highest BCUT2D eigenvalue weighted by Gasteiger charge is 2.04. The van der Waals surface area contributed by atoms with Crippen LogP contribution in [0, 0.1) is 0 Å². The summed E-state index contributed by atoms with van der Waals surface area (Å²) in [6.45, 7) is 7.68. The Hall–Kier alpha value is -2.72. The van der Waals surface area contributed by atoms with Crippen LogP contribution < -0.4 is 22.0 Å². The second-order valence-corrected chi connectivity index (χ2v) is 4.99. The molecule has 2 aromatic rings. The van der Waals surface area contributed by atoms with Crippen LogP contribution in [0.2, 0.25) is 5.02 Å². The molecule has 0 aliphatic heterocycles. The molecule has 0 aliphatic rings. The Kier molecular flexibility index (Phi) is 4.86. The molecule has 0 aliphatic carbocycles. The van der Waals surface area contributed by atoms with Gasteiger partial charge in [-0.15, -0.1) is 0 Å². The SMILES string of the molecule is C=C/C=C\C(=C/N)C(=C)/C=c1\c(=C/N)[nH]c2ncc(Cl)cc12. The Bertz CT molecular complexity index is 901. The zero-order chi connectivity index (χ0) is 16.1. The van der Waals surface area contributed by atoms with Gasteiger partial charge in [0, 0.05) is 29.2 Å². The van der Waals surface area contributed by atoms with E-state index in [9.17, 15) is 0 Å². The minimum absolute atomic E-state index is 0.552.